The summed E-state index contributed by atoms with van der Waals surface area (Å²) in [6.45, 7) is 7.72. The second kappa shape index (κ2) is 6.48. The van der Waals surface area contributed by atoms with E-state index in [9.17, 15) is 5.11 Å². The normalized spacial score (nSPS) is 48.1. The van der Waals surface area contributed by atoms with Crippen molar-refractivity contribution in [3.05, 3.63) is 53.6 Å². The van der Waals surface area contributed by atoms with Crippen LogP contribution >= 0.6 is 0 Å². The van der Waals surface area contributed by atoms with Crippen molar-refractivity contribution >= 4 is 0 Å². The number of ether oxygens (including phenoxy) is 2. The fourth-order valence-electron chi connectivity index (χ4n) is 8.26. The standard InChI is InChI=1S/C28H36O3/c1-19-17-21-23(25(2)14-8-7-11-22(19)25)12-15-26(3)24(21)13-16-27(26,29)28(18-30-28)31-20-9-5-4-6-10-20/h4-6,9-12,19,21,24,29H,7-8,13-18H2,1-3H3/t19-,21+,24-,25-,26-,27+,28?/m0/s1. The Hall–Kier alpha value is -1.58. The van der Waals surface area contributed by atoms with E-state index in [4.69, 9.17) is 9.47 Å². The molecule has 7 atom stereocenters. The van der Waals surface area contributed by atoms with E-state index in [0.717, 1.165) is 25.0 Å². The van der Waals surface area contributed by atoms with Gasteiger partial charge in [-0.2, -0.15) is 0 Å². The predicted octanol–water partition coefficient (Wildman–Crippen LogP) is 6.04. The highest BCUT2D eigenvalue weighted by molar-refractivity contribution is 5.41. The number of fused-ring (bicyclic) bond motifs is 5. The Morgan fingerprint density at radius 3 is 2.58 bits per heavy atom. The molecule has 0 spiro atoms. The summed E-state index contributed by atoms with van der Waals surface area (Å²) in [7, 11) is 0. The van der Waals surface area contributed by atoms with Crippen LogP contribution in [0.15, 0.2) is 53.6 Å². The van der Waals surface area contributed by atoms with Gasteiger partial charge in [0.15, 0.2) is 0 Å². The third-order valence-electron chi connectivity index (χ3n) is 9.93. The van der Waals surface area contributed by atoms with Crippen molar-refractivity contribution in [2.45, 2.75) is 77.1 Å². The molecular weight excluding hydrogens is 384 g/mol. The van der Waals surface area contributed by atoms with Crippen LogP contribution in [0.25, 0.3) is 0 Å². The minimum atomic E-state index is -0.963. The number of aliphatic hydroxyl groups is 1. The second-order valence-electron chi connectivity index (χ2n) is 11.4. The van der Waals surface area contributed by atoms with Gasteiger partial charge in [-0.3, -0.25) is 0 Å². The van der Waals surface area contributed by atoms with Gasteiger partial charge in [0.05, 0.1) is 0 Å². The largest absolute Gasteiger partial charge is 0.457 e. The molecule has 3 heteroatoms. The van der Waals surface area contributed by atoms with Crippen LogP contribution in [0.1, 0.15) is 65.7 Å². The lowest BCUT2D eigenvalue weighted by Crippen LogP contribution is -2.60. The molecule has 0 radical (unpaired) electrons. The third kappa shape index (κ3) is 2.54. The number of benzene rings is 1. The first-order chi connectivity index (χ1) is 14.8. The van der Waals surface area contributed by atoms with E-state index in [1.807, 2.05) is 30.3 Å². The maximum absolute atomic E-state index is 12.3. The number of para-hydroxylation sites is 1. The monoisotopic (exact) mass is 420 g/mol. The minimum absolute atomic E-state index is 0.224. The summed E-state index contributed by atoms with van der Waals surface area (Å²) in [5.41, 5.74) is 2.41. The average Bonchev–Trinajstić information content (AvgIpc) is 3.48. The van der Waals surface area contributed by atoms with Crippen molar-refractivity contribution in [2.24, 2.45) is 28.6 Å². The first kappa shape index (κ1) is 20.1. The van der Waals surface area contributed by atoms with Crippen LogP contribution in [-0.4, -0.2) is 23.1 Å². The van der Waals surface area contributed by atoms with Crippen molar-refractivity contribution in [1.82, 2.24) is 0 Å². The first-order valence-corrected chi connectivity index (χ1v) is 12.3. The lowest BCUT2D eigenvalue weighted by Gasteiger charge is -2.57. The molecule has 1 saturated heterocycles. The summed E-state index contributed by atoms with van der Waals surface area (Å²) in [6, 6.07) is 9.86. The molecule has 1 unspecified atom stereocenters. The first-order valence-electron chi connectivity index (χ1n) is 12.3. The molecule has 4 aliphatic carbocycles. The van der Waals surface area contributed by atoms with Gasteiger partial charge in [0.25, 0.3) is 5.79 Å². The Kier molecular flexibility index (Phi) is 4.19. The van der Waals surface area contributed by atoms with Crippen LogP contribution in [0.2, 0.25) is 0 Å². The molecule has 2 saturated carbocycles. The molecule has 3 nitrogen and oxygen atoms in total. The Morgan fingerprint density at radius 2 is 1.84 bits per heavy atom. The Morgan fingerprint density at radius 1 is 1.06 bits per heavy atom. The zero-order valence-electron chi connectivity index (χ0n) is 19.2. The zero-order chi connectivity index (χ0) is 21.5. The van der Waals surface area contributed by atoms with E-state index < -0.39 is 11.4 Å². The van der Waals surface area contributed by atoms with Crippen LogP contribution < -0.4 is 4.74 Å². The number of hydrogen-bond donors (Lipinski definition) is 1. The lowest BCUT2D eigenvalue weighted by atomic mass is 9.48. The van der Waals surface area contributed by atoms with Gasteiger partial charge in [0, 0.05) is 10.8 Å². The molecule has 166 valence electrons. The molecule has 31 heavy (non-hydrogen) atoms. The zero-order valence-corrected chi connectivity index (χ0v) is 19.2. The van der Waals surface area contributed by atoms with Crippen LogP contribution in [0.4, 0.5) is 0 Å². The number of allylic oxidation sites excluding steroid dienone is 4. The van der Waals surface area contributed by atoms with E-state index >= 15 is 0 Å². The fourth-order valence-corrected chi connectivity index (χ4v) is 8.26. The predicted molar refractivity (Wildman–Crippen MR) is 122 cm³/mol. The number of rotatable bonds is 3. The topological polar surface area (TPSA) is 42.0 Å². The van der Waals surface area contributed by atoms with Crippen molar-refractivity contribution < 1.29 is 14.6 Å². The second-order valence-corrected chi connectivity index (χ2v) is 11.4. The van der Waals surface area contributed by atoms with Gasteiger partial charge >= 0.3 is 0 Å². The van der Waals surface area contributed by atoms with Crippen LogP contribution in [-0.2, 0) is 4.74 Å². The summed E-state index contributed by atoms with van der Waals surface area (Å²) in [4.78, 5) is 0. The lowest BCUT2D eigenvalue weighted by molar-refractivity contribution is -0.192. The van der Waals surface area contributed by atoms with Gasteiger partial charge in [0.1, 0.15) is 18.0 Å². The van der Waals surface area contributed by atoms with Gasteiger partial charge < -0.3 is 14.6 Å². The van der Waals surface area contributed by atoms with E-state index in [-0.39, 0.29) is 10.8 Å². The summed E-state index contributed by atoms with van der Waals surface area (Å²) in [6.07, 6.45) is 12.8. The average molecular weight is 421 g/mol. The summed E-state index contributed by atoms with van der Waals surface area (Å²) in [5, 5.41) is 12.3. The van der Waals surface area contributed by atoms with Crippen molar-refractivity contribution in [3.8, 4) is 5.75 Å². The molecule has 0 amide bonds. The fraction of sp³-hybridized carbons (Fsp3) is 0.643. The maximum Gasteiger partial charge on any atom is 0.264 e. The maximum atomic E-state index is 12.3. The molecule has 0 bridgehead atoms. The highest BCUT2D eigenvalue weighted by Gasteiger charge is 2.75. The molecule has 1 aromatic carbocycles. The van der Waals surface area contributed by atoms with Gasteiger partial charge in [-0.05, 0) is 74.8 Å². The Labute approximate surface area is 186 Å². The number of epoxide rings is 1. The van der Waals surface area contributed by atoms with Crippen LogP contribution in [0, 0.1) is 28.6 Å². The van der Waals surface area contributed by atoms with E-state index in [2.05, 4.69) is 32.9 Å². The van der Waals surface area contributed by atoms with Crippen LogP contribution in [0.5, 0.6) is 5.75 Å². The number of hydrogen-bond acceptors (Lipinski definition) is 3. The Balaban J connectivity index is 1.37. The van der Waals surface area contributed by atoms with Crippen molar-refractivity contribution in [1.29, 1.82) is 0 Å². The highest BCUT2D eigenvalue weighted by atomic mass is 16.8. The molecule has 0 aromatic heterocycles. The van der Waals surface area contributed by atoms with Gasteiger partial charge in [-0.25, -0.2) is 0 Å². The Bertz CT molecular complexity index is 944. The molecule has 6 rings (SSSR count). The minimum Gasteiger partial charge on any atom is -0.457 e. The van der Waals surface area contributed by atoms with E-state index in [1.165, 1.54) is 25.7 Å². The molecular formula is C28H36O3. The van der Waals surface area contributed by atoms with E-state index in [0.29, 0.717) is 24.4 Å². The summed E-state index contributed by atoms with van der Waals surface area (Å²) < 4.78 is 12.3. The molecule has 5 aliphatic rings. The molecule has 1 heterocycles. The molecule has 1 aromatic rings. The smallest absolute Gasteiger partial charge is 0.264 e. The summed E-state index contributed by atoms with van der Waals surface area (Å²) >= 11 is 0. The van der Waals surface area contributed by atoms with Gasteiger partial charge in [-0.1, -0.05) is 62.3 Å². The highest BCUT2D eigenvalue weighted by Crippen LogP contribution is 2.69. The van der Waals surface area contributed by atoms with Gasteiger partial charge in [-0.15, -0.1) is 0 Å². The quantitative estimate of drug-likeness (QED) is 0.479. The third-order valence-corrected chi connectivity index (χ3v) is 9.93. The molecule has 1 N–H and O–H groups in total. The van der Waals surface area contributed by atoms with Crippen molar-refractivity contribution in [3.63, 3.8) is 0 Å². The SMILES string of the molecule is C[C@H]1C[C@@H]2C(=CC[C@@]3(C)[C@H]2CC[C@]3(O)C2(Oc3ccccc3)CO2)[C@@]2(C)CCCC=C12. The van der Waals surface area contributed by atoms with Crippen LogP contribution in [0.3, 0.4) is 0 Å². The van der Waals surface area contributed by atoms with Gasteiger partial charge in [0.2, 0.25) is 0 Å². The summed E-state index contributed by atoms with van der Waals surface area (Å²) in [5.74, 6) is 1.57. The van der Waals surface area contributed by atoms with Crippen molar-refractivity contribution in [2.75, 3.05) is 6.61 Å². The molecule has 1 aliphatic heterocycles. The molecule has 3 fully saturated rings. The van der Waals surface area contributed by atoms with E-state index in [1.54, 1.807) is 11.1 Å².